The fourth-order valence-corrected chi connectivity index (χ4v) is 11.4. The third-order valence-electron chi connectivity index (χ3n) is 13.8. The molecule has 1 spiro atoms. The number of carbonyl (C=O) groups is 1. The van der Waals surface area contributed by atoms with Crippen molar-refractivity contribution < 1.29 is 14.3 Å². The molecule has 4 aliphatic carbocycles. The number of ether oxygens (including phenoxy) is 2. The normalized spacial score (nSPS) is 39.7. The van der Waals surface area contributed by atoms with E-state index in [0.717, 1.165) is 69.6 Å². The van der Waals surface area contributed by atoms with Gasteiger partial charge in [0.25, 0.3) is 0 Å². The summed E-state index contributed by atoms with van der Waals surface area (Å²) in [6, 6.07) is 11.4. The van der Waals surface area contributed by atoms with Crippen LogP contribution in [0.3, 0.4) is 0 Å². The Morgan fingerprint density at radius 2 is 1.87 bits per heavy atom. The molecule has 0 amide bonds. The van der Waals surface area contributed by atoms with Gasteiger partial charge in [-0.3, -0.25) is 9.69 Å². The topological polar surface area (TPSA) is 38.8 Å². The summed E-state index contributed by atoms with van der Waals surface area (Å²) in [6.07, 6.45) is 17.5. The number of nitrogens with zero attached hydrogens (tertiary/aromatic N) is 1. The smallest absolute Gasteiger partial charge is 0.155 e. The lowest BCUT2D eigenvalue weighted by Crippen LogP contribution is -2.52. The highest BCUT2D eigenvalue weighted by Gasteiger charge is 2.59. The Kier molecular flexibility index (Phi) is 9.22. The van der Waals surface area contributed by atoms with Crippen molar-refractivity contribution in [1.82, 2.24) is 4.90 Å². The molecule has 7 rings (SSSR count). The van der Waals surface area contributed by atoms with E-state index < -0.39 is 0 Å². The molecule has 4 fully saturated rings. The largest absolute Gasteiger partial charge is 0.380 e. The summed E-state index contributed by atoms with van der Waals surface area (Å²) in [5, 5.41) is 0. The quantitative estimate of drug-likeness (QED) is 0.206. The first-order valence-corrected chi connectivity index (χ1v) is 18.7. The van der Waals surface area contributed by atoms with Gasteiger partial charge in [0.1, 0.15) is 0 Å². The van der Waals surface area contributed by atoms with Gasteiger partial charge in [0.2, 0.25) is 0 Å². The molecule has 2 saturated heterocycles. The number of piperidine rings is 1. The number of benzene rings is 1. The number of likely N-dealkylation sites (tertiary alicyclic amines) is 1. The Labute approximate surface area is 273 Å². The third-order valence-corrected chi connectivity index (χ3v) is 13.8. The first kappa shape index (κ1) is 31.8. The first-order chi connectivity index (χ1) is 21.8. The zero-order valence-corrected chi connectivity index (χ0v) is 28.7. The molecule has 0 aromatic heterocycles. The predicted molar refractivity (Wildman–Crippen MR) is 182 cm³/mol. The fraction of sp³-hybridized carbons (Fsp3) is 0.732. The molecular formula is C41H59NO3. The van der Waals surface area contributed by atoms with E-state index in [2.05, 4.69) is 62.9 Å². The fourth-order valence-electron chi connectivity index (χ4n) is 11.4. The van der Waals surface area contributed by atoms with Gasteiger partial charge in [-0.15, -0.1) is 0 Å². The van der Waals surface area contributed by atoms with E-state index in [4.69, 9.17) is 9.47 Å². The van der Waals surface area contributed by atoms with Gasteiger partial charge in [0.05, 0.1) is 18.3 Å². The lowest BCUT2D eigenvalue weighted by atomic mass is 9.56. The molecule has 4 nitrogen and oxygen atoms in total. The van der Waals surface area contributed by atoms with Gasteiger partial charge in [-0.2, -0.15) is 0 Å². The standard InChI is InChI=1S/C41H59NO3/c1-28-23-38-39(42(27-28)20-22-44-21-10-6-9-13-31-11-7-5-8-12-31)30(3)41(45-38)19-17-34-35-15-14-32-24-33(43)16-18-40(32,4)37(35)25-36(34)29(2)26-41/h5,7-8,11-12,24,28,30,34-35,37-39H,6,9-10,13-23,25-27H2,1-4H3/t28-,30+,34-,35-,37-,38+,39-,40-,41-/m0/s1. The lowest BCUT2D eigenvalue weighted by Gasteiger charge is -2.48. The van der Waals surface area contributed by atoms with Gasteiger partial charge in [0, 0.05) is 38.1 Å². The minimum absolute atomic E-state index is 0.0188. The van der Waals surface area contributed by atoms with Gasteiger partial charge in [0.15, 0.2) is 5.78 Å². The lowest BCUT2D eigenvalue weighted by molar-refractivity contribution is -0.116. The monoisotopic (exact) mass is 613 g/mol. The Bertz CT molecular complexity index is 1280. The van der Waals surface area contributed by atoms with Crippen LogP contribution in [-0.4, -0.2) is 54.7 Å². The average molecular weight is 614 g/mol. The van der Waals surface area contributed by atoms with E-state index in [1.54, 1.807) is 11.1 Å². The molecule has 0 radical (unpaired) electrons. The van der Waals surface area contributed by atoms with Crippen molar-refractivity contribution in [3.05, 3.63) is 58.7 Å². The van der Waals surface area contributed by atoms with Crippen LogP contribution in [0.2, 0.25) is 0 Å². The van der Waals surface area contributed by atoms with E-state index in [1.165, 1.54) is 69.0 Å². The summed E-state index contributed by atoms with van der Waals surface area (Å²) in [6.45, 7) is 13.8. The van der Waals surface area contributed by atoms with Crippen molar-refractivity contribution in [2.45, 2.75) is 129 Å². The van der Waals surface area contributed by atoms with E-state index in [-0.39, 0.29) is 11.0 Å². The molecule has 9 atom stereocenters. The summed E-state index contributed by atoms with van der Waals surface area (Å²) in [4.78, 5) is 15.0. The van der Waals surface area contributed by atoms with Crippen LogP contribution in [0.4, 0.5) is 0 Å². The summed E-state index contributed by atoms with van der Waals surface area (Å²) in [5.74, 6) is 3.81. The van der Waals surface area contributed by atoms with Crippen LogP contribution in [-0.2, 0) is 20.7 Å². The molecule has 4 heteroatoms. The highest BCUT2D eigenvalue weighted by molar-refractivity contribution is 5.91. The zero-order chi connectivity index (χ0) is 31.2. The number of aryl methyl sites for hydroxylation is 1. The number of carbonyl (C=O) groups excluding carboxylic acids is 1. The predicted octanol–water partition coefficient (Wildman–Crippen LogP) is 8.74. The molecule has 0 unspecified atom stereocenters. The first-order valence-electron chi connectivity index (χ1n) is 18.7. The molecule has 0 N–H and O–H groups in total. The second kappa shape index (κ2) is 13.0. The number of ketones is 1. The van der Waals surface area contributed by atoms with Crippen molar-refractivity contribution in [2.75, 3.05) is 26.3 Å². The molecular weight excluding hydrogens is 554 g/mol. The number of hydrogen-bond donors (Lipinski definition) is 0. The van der Waals surface area contributed by atoms with Crippen molar-refractivity contribution in [1.29, 1.82) is 0 Å². The van der Waals surface area contributed by atoms with Crippen LogP contribution < -0.4 is 0 Å². The molecule has 6 aliphatic rings. The Morgan fingerprint density at radius 3 is 2.71 bits per heavy atom. The Hall–Kier alpha value is -1.75. The SMILES string of the molecule is CC1=C2C[C@H]3[C@@H](CCC4=CC(=O)CC[C@@]43C)[C@@H]2CC[C@@]2(C1)O[C@@H]1C[C@H](C)CN(CCOCCCCCc3ccccc3)[C@H]1[C@H]2C. The average Bonchev–Trinajstić information content (AvgIpc) is 3.49. The summed E-state index contributed by atoms with van der Waals surface area (Å²) >= 11 is 0. The maximum Gasteiger partial charge on any atom is 0.155 e. The minimum Gasteiger partial charge on any atom is -0.380 e. The second-order valence-electron chi connectivity index (χ2n) is 16.4. The number of unbranched alkanes of at least 4 members (excludes halogenated alkanes) is 2. The van der Waals surface area contributed by atoms with Crippen LogP contribution >= 0.6 is 0 Å². The highest BCUT2D eigenvalue weighted by Crippen LogP contribution is 2.64. The second-order valence-corrected chi connectivity index (χ2v) is 16.4. The number of fused-ring (bicyclic) bond motifs is 6. The minimum atomic E-state index is -0.0188. The van der Waals surface area contributed by atoms with Gasteiger partial charge in [-0.1, -0.05) is 74.2 Å². The molecule has 1 aromatic rings. The van der Waals surface area contributed by atoms with E-state index in [1.807, 2.05) is 6.08 Å². The van der Waals surface area contributed by atoms with Crippen LogP contribution in [0.1, 0.15) is 110 Å². The number of hydrogen-bond acceptors (Lipinski definition) is 4. The molecule has 2 heterocycles. The maximum absolute atomic E-state index is 12.3. The van der Waals surface area contributed by atoms with Crippen molar-refractivity contribution >= 4 is 5.78 Å². The summed E-state index contributed by atoms with van der Waals surface area (Å²) < 4.78 is 13.5. The van der Waals surface area contributed by atoms with Crippen molar-refractivity contribution in [3.8, 4) is 0 Å². The molecule has 246 valence electrons. The molecule has 2 aliphatic heterocycles. The Morgan fingerprint density at radius 1 is 1.02 bits per heavy atom. The molecule has 1 aromatic carbocycles. The highest BCUT2D eigenvalue weighted by atomic mass is 16.5. The van der Waals surface area contributed by atoms with Crippen LogP contribution in [0.25, 0.3) is 0 Å². The number of rotatable bonds is 9. The van der Waals surface area contributed by atoms with E-state index in [0.29, 0.717) is 29.8 Å². The van der Waals surface area contributed by atoms with Crippen LogP contribution in [0, 0.1) is 35.0 Å². The van der Waals surface area contributed by atoms with Gasteiger partial charge >= 0.3 is 0 Å². The van der Waals surface area contributed by atoms with Crippen LogP contribution in [0.5, 0.6) is 0 Å². The molecule has 45 heavy (non-hydrogen) atoms. The van der Waals surface area contributed by atoms with Gasteiger partial charge < -0.3 is 9.47 Å². The number of allylic oxidation sites excluding steroid dienone is 3. The Balaban J connectivity index is 0.962. The van der Waals surface area contributed by atoms with E-state index >= 15 is 0 Å². The summed E-state index contributed by atoms with van der Waals surface area (Å²) in [5.41, 5.74) is 6.57. The van der Waals surface area contributed by atoms with E-state index in [9.17, 15) is 4.79 Å². The van der Waals surface area contributed by atoms with Gasteiger partial charge in [-0.05, 0) is 118 Å². The zero-order valence-electron chi connectivity index (χ0n) is 28.7. The summed E-state index contributed by atoms with van der Waals surface area (Å²) in [7, 11) is 0. The third kappa shape index (κ3) is 6.06. The van der Waals surface area contributed by atoms with Gasteiger partial charge in [-0.25, -0.2) is 0 Å². The van der Waals surface area contributed by atoms with Crippen molar-refractivity contribution in [2.24, 2.45) is 35.0 Å². The maximum atomic E-state index is 12.3. The van der Waals surface area contributed by atoms with Crippen molar-refractivity contribution in [3.63, 3.8) is 0 Å². The molecule has 0 bridgehead atoms. The molecule has 2 saturated carbocycles. The van der Waals surface area contributed by atoms with Crippen LogP contribution in [0.15, 0.2) is 53.1 Å².